The molecule has 0 unspecified atom stereocenters. The van der Waals surface area contributed by atoms with Gasteiger partial charge in [0.15, 0.2) is 5.43 Å². The van der Waals surface area contributed by atoms with Crippen molar-refractivity contribution >= 4 is 10.9 Å². The van der Waals surface area contributed by atoms with Gasteiger partial charge in [-0.1, -0.05) is 12.1 Å². The molecule has 3 heteroatoms. The Labute approximate surface area is 73.7 Å². The van der Waals surface area contributed by atoms with Crippen LogP contribution in [0.25, 0.3) is 10.9 Å². The molecule has 0 amide bonds. The average Bonchev–Trinajstić information content (AvgIpc) is 2.27. The summed E-state index contributed by atoms with van der Waals surface area (Å²) in [5.74, 6) is 0. The molecule has 3 nitrogen and oxygen atoms in total. The van der Waals surface area contributed by atoms with Gasteiger partial charge < -0.3 is 4.98 Å². The van der Waals surface area contributed by atoms with Crippen molar-refractivity contribution in [3.05, 3.63) is 57.0 Å². The summed E-state index contributed by atoms with van der Waals surface area (Å²) < 4.78 is 0. The lowest BCUT2D eigenvalue weighted by Gasteiger charge is -1.87. The summed E-state index contributed by atoms with van der Waals surface area (Å²) in [6.45, 7) is 0. The minimum Gasteiger partial charge on any atom is -0.322 e. The Hall–Kier alpha value is -1.90. The highest BCUT2D eigenvalue weighted by Crippen LogP contribution is 2.01. The summed E-state index contributed by atoms with van der Waals surface area (Å²) in [7, 11) is 0. The number of nitrogens with one attached hydrogen (secondary N) is 1. The normalized spacial score (nSPS) is 10.2. The minimum atomic E-state index is -0.265. The molecule has 0 atom stereocenters. The van der Waals surface area contributed by atoms with Crippen LogP contribution in [0.2, 0.25) is 0 Å². The zero-order valence-electron chi connectivity index (χ0n) is 6.78. The summed E-state index contributed by atoms with van der Waals surface area (Å²) in [4.78, 5) is 25.0. The number of rotatable bonds is 0. The molecule has 1 heterocycles. The first-order valence-electron chi connectivity index (χ1n) is 3.90. The monoisotopic (exact) mass is 173 g/mol. The summed E-state index contributed by atoms with van der Waals surface area (Å²) in [6.07, 6.45) is 0. The van der Waals surface area contributed by atoms with Crippen molar-refractivity contribution in [1.29, 1.82) is 0 Å². The topological polar surface area (TPSA) is 49.9 Å². The largest absolute Gasteiger partial charge is 0.322 e. The van der Waals surface area contributed by atoms with E-state index < -0.39 is 0 Å². The number of aromatic amines is 1. The van der Waals surface area contributed by atoms with Gasteiger partial charge in [0, 0.05) is 11.5 Å². The van der Waals surface area contributed by atoms with Gasteiger partial charge in [0.2, 0.25) is 5.56 Å². The molecular weight excluding hydrogens is 166 g/mol. The van der Waals surface area contributed by atoms with Crippen LogP contribution < -0.4 is 11.0 Å². The molecule has 0 fully saturated rings. The first-order valence-corrected chi connectivity index (χ1v) is 3.90. The van der Waals surface area contributed by atoms with Crippen LogP contribution >= 0.6 is 0 Å². The van der Waals surface area contributed by atoms with Gasteiger partial charge in [-0.05, 0) is 18.2 Å². The van der Waals surface area contributed by atoms with E-state index in [0.29, 0.717) is 10.9 Å². The SMILES string of the molecule is O=c1ccc(=O)c2ccccc2[nH]1. The van der Waals surface area contributed by atoms with Crippen molar-refractivity contribution in [2.75, 3.05) is 0 Å². The third kappa shape index (κ3) is 1.36. The van der Waals surface area contributed by atoms with E-state index in [2.05, 4.69) is 4.98 Å². The second kappa shape index (κ2) is 2.86. The lowest BCUT2D eigenvalue weighted by atomic mass is 10.2. The maximum absolute atomic E-state index is 11.4. The molecule has 0 bridgehead atoms. The predicted octanol–water partition coefficient (Wildman–Crippen LogP) is 0.888. The second-order valence-corrected chi connectivity index (χ2v) is 2.73. The van der Waals surface area contributed by atoms with Gasteiger partial charge in [-0.15, -0.1) is 0 Å². The standard InChI is InChI=1S/C10H7NO2/c12-9-5-6-10(13)11-8-4-2-1-3-7(8)9/h1-6H,(H,11,13). The van der Waals surface area contributed by atoms with Gasteiger partial charge in [0.05, 0.1) is 5.52 Å². The van der Waals surface area contributed by atoms with Crippen LogP contribution in [0.3, 0.4) is 0 Å². The quantitative estimate of drug-likeness (QED) is 0.643. The Morgan fingerprint density at radius 1 is 0.923 bits per heavy atom. The molecule has 64 valence electrons. The Morgan fingerprint density at radius 2 is 1.69 bits per heavy atom. The fourth-order valence-corrected chi connectivity index (χ4v) is 1.22. The number of hydrogen-bond acceptors (Lipinski definition) is 2. The van der Waals surface area contributed by atoms with Crippen LogP contribution in [-0.2, 0) is 0 Å². The van der Waals surface area contributed by atoms with Crippen molar-refractivity contribution in [1.82, 2.24) is 4.98 Å². The van der Waals surface area contributed by atoms with E-state index in [9.17, 15) is 9.59 Å². The van der Waals surface area contributed by atoms with E-state index in [4.69, 9.17) is 0 Å². The molecule has 1 N–H and O–H groups in total. The first kappa shape index (κ1) is 7.73. The van der Waals surface area contributed by atoms with Gasteiger partial charge >= 0.3 is 0 Å². The maximum Gasteiger partial charge on any atom is 0.248 e. The predicted molar refractivity (Wildman–Crippen MR) is 50.8 cm³/mol. The van der Waals surface area contributed by atoms with Crippen LogP contribution in [0.4, 0.5) is 0 Å². The van der Waals surface area contributed by atoms with Gasteiger partial charge in [0.25, 0.3) is 0 Å². The molecule has 1 aromatic heterocycles. The highest BCUT2D eigenvalue weighted by atomic mass is 16.1. The second-order valence-electron chi connectivity index (χ2n) is 2.73. The number of benzene rings is 1. The molecule has 0 aliphatic rings. The summed E-state index contributed by atoms with van der Waals surface area (Å²) in [5.41, 5.74) is 0.162. The molecule has 0 aliphatic carbocycles. The molecule has 1 aromatic carbocycles. The van der Waals surface area contributed by atoms with Crippen molar-refractivity contribution < 1.29 is 0 Å². The van der Waals surface area contributed by atoms with E-state index in [1.54, 1.807) is 24.3 Å². The molecule has 0 saturated carbocycles. The van der Waals surface area contributed by atoms with Crippen molar-refractivity contribution in [2.24, 2.45) is 0 Å². The molecule has 0 saturated heterocycles. The lowest BCUT2D eigenvalue weighted by Crippen LogP contribution is -1.97. The van der Waals surface area contributed by atoms with Crippen LogP contribution in [0.15, 0.2) is 46.0 Å². The Morgan fingerprint density at radius 3 is 2.54 bits per heavy atom. The fraction of sp³-hybridized carbons (Fsp3) is 0. The minimum absolute atomic E-state index is 0.144. The van der Waals surface area contributed by atoms with Crippen LogP contribution in [0.5, 0.6) is 0 Å². The number of fused-ring (bicyclic) bond motifs is 1. The van der Waals surface area contributed by atoms with Crippen molar-refractivity contribution in [2.45, 2.75) is 0 Å². The van der Waals surface area contributed by atoms with E-state index >= 15 is 0 Å². The van der Waals surface area contributed by atoms with E-state index in [1.165, 1.54) is 12.1 Å². The van der Waals surface area contributed by atoms with E-state index in [0.717, 1.165) is 0 Å². The Kier molecular flexibility index (Phi) is 1.70. The highest BCUT2D eigenvalue weighted by Gasteiger charge is 1.94. The number of H-pyrrole nitrogens is 1. The van der Waals surface area contributed by atoms with Crippen molar-refractivity contribution in [3.63, 3.8) is 0 Å². The molecule has 2 rings (SSSR count). The molecule has 0 aliphatic heterocycles. The third-order valence-electron chi connectivity index (χ3n) is 1.84. The molecule has 13 heavy (non-hydrogen) atoms. The fourth-order valence-electron chi connectivity index (χ4n) is 1.22. The maximum atomic E-state index is 11.4. The Balaban J connectivity index is 3.13. The average molecular weight is 173 g/mol. The third-order valence-corrected chi connectivity index (χ3v) is 1.84. The summed E-state index contributed by atoms with van der Waals surface area (Å²) in [5, 5.41) is 0.532. The molecule has 2 aromatic rings. The van der Waals surface area contributed by atoms with Crippen LogP contribution in [0, 0.1) is 0 Å². The van der Waals surface area contributed by atoms with Crippen LogP contribution in [0.1, 0.15) is 0 Å². The van der Waals surface area contributed by atoms with Gasteiger partial charge in [-0.3, -0.25) is 9.59 Å². The highest BCUT2D eigenvalue weighted by molar-refractivity contribution is 5.77. The zero-order valence-corrected chi connectivity index (χ0v) is 6.78. The molecule has 0 spiro atoms. The van der Waals surface area contributed by atoms with E-state index in [-0.39, 0.29) is 11.0 Å². The number of para-hydroxylation sites is 1. The van der Waals surface area contributed by atoms with Crippen LogP contribution in [-0.4, -0.2) is 4.98 Å². The number of aromatic nitrogens is 1. The van der Waals surface area contributed by atoms with Gasteiger partial charge in [-0.25, -0.2) is 0 Å². The van der Waals surface area contributed by atoms with Gasteiger partial charge in [0.1, 0.15) is 0 Å². The van der Waals surface area contributed by atoms with Crippen molar-refractivity contribution in [3.8, 4) is 0 Å². The zero-order chi connectivity index (χ0) is 9.26. The van der Waals surface area contributed by atoms with Gasteiger partial charge in [-0.2, -0.15) is 0 Å². The smallest absolute Gasteiger partial charge is 0.248 e. The Bertz CT molecular complexity index is 557. The number of hydrogen-bond donors (Lipinski definition) is 1. The molecule has 0 radical (unpaired) electrons. The summed E-state index contributed by atoms with van der Waals surface area (Å²) >= 11 is 0. The summed E-state index contributed by atoms with van der Waals surface area (Å²) in [6, 6.07) is 9.45. The molecular formula is C10H7NO2. The lowest BCUT2D eigenvalue weighted by molar-refractivity contribution is 1.33. The van der Waals surface area contributed by atoms with E-state index in [1.807, 2.05) is 0 Å². The first-order chi connectivity index (χ1) is 6.27.